The van der Waals surface area contributed by atoms with Gasteiger partial charge >= 0.3 is 0 Å². The third-order valence-corrected chi connectivity index (χ3v) is 3.77. The molecule has 0 aliphatic heterocycles. The zero-order valence-electron chi connectivity index (χ0n) is 12.1. The molecule has 0 radical (unpaired) electrons. The van der Waals surface area contributed by atoms with Crippen molar-refractivity contribution in [3.63, 3.8) is 0 Å². The van der Waals surface area contributed by atoms with E-state index in [0.717, 1.165) is 9.13 Å². The molecule has 2 aromatic rings. The van der Waals surface area contributed by atoms with Gasteiger partial charge in [-0.25, -0.2) is 5.43 Å². The van der Waals surface area contributed by atoms with Gasteiger partial charge in [-0.2, -0.15) is 5.10 Å². The standard InChI is InChI=1S/C17H14ClIN2O2/c18-14-8-9-16(15(19)11-14)23-12-17(22)21-20-10-4-7-13-5-2-1-3-6-13/h1-11H,12H2,(H,21,22). The summed E-state index contributed by atoms with van der Waals surface area (Å²) in [4.78, 5) is 11.6. The molecule has 4 nitrogen and oxygen atoms in total. The van der Waals surface area contributed by atoms with Gasteiger partial charge in [-0.05, 0) is 52.4 Å². The molecule has 0 aromatic heterocycles. The molecule has 23 heavy (non-hydrogen) atoms. The molecule has 0 saturated heterocycles. The summed E-state index contributed by atoms with van der Waals surface area (Å²) in [5.41, 5.74) is 3.46. The minimum atomic E-state index is -0.333. The number of carbonyl (C=O) groups is 1. The number of hydrogen-bond donors (Lipinski definition) is 1. The van der Waals surface area contributed by atoms with Crippen LogP contribution in [0.3, 0.4) is 0 Å². The van der Waals surface area contributed by atoms with Gasteiger partial charge in [0.05, 0.1) is 3.57 Å². The predicted octanol–water partition coefficient (Wildman–Crippen LogP) is 4.14. The highest BCUT2D eigenvalue weighted by Gasteiger charge is 2.05. The molecule has 0 bridgehead atoms. The smallest absolute Gasteiger partial charge is 0.277 e. The van der Waals surface area contributed by atoms with Gasteiger partial charge in [-0.15, -0.1) is 0 Å². The van der Waals surface area contributed by atoms with E-state index < -0.39 is 0 Å². The van der Waals surface area contributed by atoms with Crippen molar-refractivity contribution >= 4 is 52.4 Å². The van der Waals surface area contributed by atoms with Crippen LogP contribution >= 0.6 is 34.2 Å². The van der Waals surface area contributed by atoms with Crippen LogP contribution in [0.25, 0.3) is 6.08 Å². The Labute approximate surface area is 153 Å². The third-order valence-electron chi connectivity index (χ3n) is 2.69. The maximum Gasteiger partial charge on any atom is 0.277 e. The van der Waals surface area contributed by atoms with E-state index in [9.17, 15) is 4.79 Å². The van der Waals surface area contributed by atoms with E-state index in [2.05, 4.69) is 33.1 Å². The van der Waals surface area contributed by atoms with Crippen LogP contribution in [-0.2, 0) is 4.79 Å². The first kappa shape index (κ1) is 17.5. The number of hydrogen-bond acceptors (Lipinski definition) is 3. The van der Waals surface area contributed by atoms with E-state index in [4.69, 9.17) is 16.3 Å². The van der Waals surface area contributed by atoms with Crippen molar-refractivity contribution in [1.82, 2.24) is 5.43 Å². The summed E-state index contributed by atoms with van der Waals surface area (Å²) >= 11 is 7.96. The number of benzene rings is 2. The second kappa shape index (κ2) is 9.32. The van der Waals surface area contributed by atoms with Gasteiger partial charge in [-0.1, -0.05) is 48.0 Å². The molecule has 0 fully saturated rings. The molecule has 6 heteroatoms. The molecular formula is C17H14ClIN2O2. The van der Waals surface area contributed by atoms with Crippen LogP contribution in [-0.4, -0.2) is 18.7 Å². The maximum atomic E-state index is 11.6. The average Bonchev–Trinajstić information content (AvgIpc) is 2.54. The molecular weight excluding hydrogens is 427 g/mol. The lowest BCUT2D eigenvalue weighted by Crippen LogP contribution is -2.24. The third kappa shape index (κ3) is 6.42. The molecule has 0 spiro atoms. The molecule has 2 rings (SSSR count). The van der Waals surface area contributed by atoms with Gasteiger partial charge in [0.25, 0.3) is 5.91 Å². The maximum absolute atomic E-state index is 11.6. The Balaban J connectivity index is 1.74. The number of hydrazone groups is 1. The summed E-state index contributed by atoms with van der Waals surface area (Å²) in [5.74, 6) is 0.276. The Morgan fingerprint density at radius 1 is 1.26 bits per heavy atom. The van der Waals surface area contributed by atoms with Crippen molar-refractivity contribution in [3.8, 4) is 5.75 Å². The fourth-order valence-corrected chi connectivity index (χ4v) is 2.67. The number of allylic oxidation sites excluding steroid dienone is 1. The highest BCUT2D eigenvalue weighted by molar-refractivity contribution is 14.1. The van der Waals surface area contributed by atoms with E-state index in [0.29, 0.717) is 10.8 Å². The van der Waals surface area contributed by atoms with Gasteiger partial charge in [0.15, 0.2) is 6.61 Å². The first-order valence-electron chi connectivity index (χ1n) is 6.76. The van der Waals surface area contributed by atoms with Crippen LogP contribution in [0.1, 0.15) is 5.56 Å². The van der Waals surface area contributed by atoms with E-state index in [-0.39, 0.29) is 12.5 Å². The summed E-state index contributed by atoms with van der Waals surface area (Å²) in [6, 6.07) is 15.0. The van der Waals surface area contributed by atoms with Crippen LogP contribution in [0.15, 0.2) is 59.7 Å². The number of nitrogens with one attached hydrogen (secondary N) is 1. The Morgan fingerprint density at radius 2 is 2.04 bits per heavy atom. The van der Waals surface area contributed by atoms with Crippen molar-refractivity contribution < 1.29 is 9.53 Å². The van der Waals surface area contributed by atoms with Gasteiger partial charge in [0.2, 0.25) is 0 Å². The minimum absolute atomic E-state index is 0.114. The predicted molar refractivity (Wildman–Crippen MR) is 102 cm³/mol. The van der Waals surface area contributed by atoms with Crippen LogP contribution < -0.4 is 10.2 Å². The number of carbonyl (C=O) groups excluding carboxylic acids is 1. The van der Waals surface area contributed by atoms with E-state index in [1.165, 1.54) is 6.21 Å². The fourth-order valence-electron chi connectivity index (χ4n) is 1.64. The number of nitrogens with zero attached hydrogens (tertiary/aromatic N) is 1. The van der Waals surface area contributed by atoms with E-state index in [1.807, 2.05) is 36.4 Å². The summed E-state index contributed by atoms with van der Waals surface area (Å²) in [6.07, 6.45) is 5.15. The Morgan fingerprint density at radius 3 is 2.78 bits per heavy atom. The molecule has 118 valence electrons. The normalized spacial score (nSPS) is 11.0. The van der Waals surface area contributed by atoms with Crippen molar-refractivity contribution in [1.29, 1.82) is 0 Å². The van der Waals surface area contributed by atoms with Crippen LogP contribution in [0, 0.1) is 3.57 Å². The zero-order valence-corrected chi connectivity index (χ0v) is 15.0. The fraction of sp³-hybridized carbons (Fsp3) is 0.0588. The van der Waals surface area contributed by atoms with Gasteiger partial charge < -0.3 is 4.74 Å². The van der Waals surface area contributed by atoms with E-state index >= 15 is 0 Å². The summed E-state index contributed by atoms with van der Waals surface area (Å²) in [7, 11) is 0. The SMILES string of the molecule is O=C(COc1ccc(Cl)cc1I)NN=CC=Cc1ccccc1. The van der Waals surface area contributed by atoms with Crippen LogP contribution in [0.2, 0.25) is 5.02 Å². The van der Waals surface area contributed by atoms with Gasteiger partial charge in [0, 0.05) is 11.2 Å². The molecule has 0 aliphatic rings. The first-order valence-corrected chi connectivity index (χ1v) is 8.22. The number of rotatable bonds is 6. The van der Waals surface area contributed by atoms with Crippen LogP contribution in [0.5, 0.6) is 5.75 Å². The highest BCUT2D eigenvalue weighted by Crippen LogP contribution is 2.24. The number of halogens is 2. The summed E-state index contributed by atoms with van der Waals surface area (Å²) < 4.78 is 6.25. The van der Waals surface area contributed by atoms with Crippen molar-refractivity contribution in [2.45, 2.75) is 0 Å². The molecule has 0 saturated carbocycles. The molecule has 0 aliphatic carbocycles. The lowest BCUT2D eigenvalue weighted by molar-refractivity contribution is -0.123. The van der Waals surface area contributed by atoms with Gasteiger partial charge in [-0.3, -0.25) is 4.79 Å². The highest BCUT2D eigenvalue weighted by atomic mass is 127. The zero-order chi connectivity index (χ0) is 16.5. The Bertz CT molecular complexity index is 718. The van der Waals surface area contributed by atoms with Crippen molar-refractivity contribution in [3.05, 3.63) is 68.8 Å². The molecule has 0 heterocycles. The molecule has 1 amide bonds. The largest absolute Gasteiger partial charge is 0.483 e. The van der Waals surface area contributed by atoms with Crippen molar-refractivity contribution in [2.24, 2.45) is 5.10 Å². The lowest BCUT2D eigenvalue weighted by atomic mass is 10.2. The Hall–Kier alpha value is -1.86. The topological polar surface area (TPSA) is 50.7 Å². The molecule has 2 aromatic carbocycles. The number of ether oxygens (including phenoxy) is 1. The monoisotopic (exact) mass is 440 g/mol. The molecule has 0 unspecified atom stereocenters. The molecule has 0 atom stereocenters. The second-order valence-corrected chi connectivity index (χ2v) is 6.04. The van der Waals surface area contributed by atoms with Gasteiger partial charge in [0.1, 0.15) is 5.75 Å². The van der Waals surface area contributed by atoms with Crippen LogP contribution in [0.4, 0.5) is 0 Å². The van der Waals surface area contributed by atoms with E-state index in [1.54, 1.807) is 24.3 Å². The second-order valence-electron chi connectivity index (χ2n) is 4.45. The quantitative estimate of drug-likeness (QED) is 0.417. The number of amides is 1. The minimum Gasteiger partial charge on any atom is -0.483 e. The van der Waals surface area contributed by atoms with Crippen molar-refractivity contribution in [2.75, 3.05) is 6.61 Å². The summed E-state index contributed by atoms with van der Waals surface area (Å²) in [5, 5.41) is 4.45. The first-order chi connectivity index (χ1) is 11.1. The molecule has 1 N–H and O–H groups in total. The lowest BCUT2D eigenvalue weighted by Gasteiger charge is -2.07. The average molecular weight is 441 g/mol. The Kier molecular flexibility index (Phi) is 7.09. The summed E-state index contributed by atoms with van der Waals surface area (Å²) in [6.45, 7) is -0.114.